The van der Waals surface area contributed by atoms with Crippen LogP contribution in [0.1, 0.15) is 47.4 Å². The van der Waals surface area contributed by atoms with E-state index in [9.17, 15) is 19.2 Å². The number of barbiturate groups is 1. The highest BCUT2D eigenvalue weighted by molar-refractivity contribution is 6.31. The van der Waals surface area contributed by atoms with Crippen molar-refractivity contribution in [1.29, 1.82) is 0 Å². The van der Waals surface area contributed by atoms with E-state index in [1.54, 1.807) is 30.3 Å². The number of ether oxygens (including phenoxy) is 1. The second-order valence-corrected chi connectivity index (χ2v) is 7.65. The van der Waals surface area contributed by atoms with Gasteiger partial charge in [0.2, 0.25) is 0 Å². The molecule has 8 heteroatoms. The van der Waals surface area contributed by atoms with Crippen molar-refractivity contribution in [1.82, 2.24) is 10.2 Å². The van der Waals surface area contributed by atoms with Gasteiger partial charge in [0.25, 0.3) is 11.8 Å². The molecule has 0 bridgehead atoms. The first-order valence-corrected chi connectivity index (χ1v) is 10.1. The van der Waals surface area contributed by atoms with E-state index in [-0.39, 0.29) is 17.4 Å². The Morgan fingerprint density at radius 2 is 1.90 bits per heavy atom. The normalized spacial score (nSPS) is 18.6. The van der Waals surface area contributed by atoms with Crippen molar-refractivity contribution in [2.45, 2.75) is 38.6 Å². The van der Waals surface area contributed by atoms with Crippen molar-refractivity contribution in [3.05, 3.63) is 52.8 Å². The highest BCUT2D eigenvalue weighted by atomic mass is 16.5. The maximum absolute atomic E-state index is 12.9. The Labute approximate surface area is 178 Å². The molecule has 2 fully saturated rings. The molecule has 0 radical (unpaired) electrons. The summed E-state index contributed by atoms with van der Waals surface area (Å²) in [5.41, 5.74) is 1.81. The third-order valence-electron chi connectivity index (χ3n) is 5.66. The number of imide groups is 2. The fraction of sp³-hybridized carbons (Fsp3) is 0.304. The molecular weight excluding hydrogens is 400 g/mol. The van der Waals surface area contributed by atoms with Crippen molar-refractivity contribution in [2.24, 2.45) is 0 Å². The number of amides is 4. The zero-order chi connectivity index (χ0) is 22.1. The molecule has 0 unspecified atom stereocenters. The number of carbonyl (C=O) groups is 4. The quantitative estimate of drug-likeness (QED) is 0.460. The molecule has 4 amide bonds. The fourth-order valence-corrected chi connectivity index (χ4v) is 4.01. The van der Waals surface area contributed by atoms with Crippen LogP contribution < -0.4 is 5.32 Å². The van der Waals surface area contributed by atoms with Crippen molar-refractivity contribution < 1.29 is 28.3 Å². The Bertz CT molecular complexity index is 1110. The van der Waals surface area contributed by atoms with Crippen LogP contribution in [0.2, 0.25) is 0 Å². The molecule has 31 heavy (non-hydrogen) atoms. The number of hydrogen-bond donors (Lipinski definition) is 1. The number of hydrogen-bond acceptors (Lipinski definition) is 6. The number of rotatable bonds is 4. The van der Waals surface area contributed by atoms with E-state index in [4.69, 9.17) is 9.15 Å². The molecule has 1 aromatic carbocycles. The summed E-state index contributed by atoms with van der Waals surface area (Å²) in [4.78, 5) is 50.4. The predicted molar refractivity (Wildman–Crippen MR) is 111 cm³/mol. The third-order valence-corrected chi connectivity index (χ3v) is 5.66. The van der Waals surface area contributed by atoms with Crippen LogP contribution in [0, 0.1) is 6.92 Å². The van der Waals surface area contributed by atoms with Crippen LogP contribution in [0.25, 0.3) is 17.4 Å². The fourth-order valence-electron chi connectivity index (χ4n) is 4.01. The summed E-state index contributed by atoms with van der Waals surface area (Å²) in [7, 11) is 1.31. The Balaban J connectivity index is 1.65. The minimum atomic E-state index is -0.744. The average Bonchev–Trinajstić information content (AvgIpc) is 3.43. The molecule has 2 aromatic rings. The number of furan rings is 1. The summed E-state index contributed by atoms with van der Waals surface area (Å²) in [6.07, 6.45) is 4.71. The number of nitrogens with one attached hydrogen (secondary N) is 1. The average molecular weight is 422 g/mol. The Morgan fingerprint density at radius 3 is 2.61 bits per heavy atom. The molecule has 8 nitrogen and oxygen atoms in total. The number of benzene rings is 1. The van der Waals surface area contributed by atoms with Gasteiger partial charge in [-0.3, -0.25) is 19.8 Å². The zero-order valence-corrected chi connectivity index (χ0v) is 17.3. The van der Waals surface area contributed by atoms with Gasteiger partial charge in [0.05, 0.1) is 12.7 Å². The standard InChI is InChI=1S/C23H22N2O6/c1-13-7-8-14(22(28)30-2)11-17(13)19-10-9-16(31-19)12-18-20(26)24-23(29)25(21(18)27)15-5-3-4-6-15/h7-12,15H,3-6H2,1-2H3,(H,24,26,29)/b18-12+. The van der Waals surface area contributed by atoms with Gasteiger partial charge in [-0.05, 0) is 55.7 Å². The first kappa shape index (κ1) is 20.6. The minimum absolute atomic E-state index is 0.146. The second kappa shape index (κ2) is 8.22. The van der Waals surface area contributed by atoms with Gasteiger partial charge in [0.1, 0.15) is 17.1 Å². The molecule has 0 atom stereocenters. The first-order valence-electron chi connectivity index (χ1n) is 10.1. The molecule has 1 aliphatic carbocycles. The van der Waals surface area contributed by atoms with Crippen molar-refractivity contribution in [3.63, 3.8) is 0 Å². The maximum atomic E-state index is 12.9. The number of nitrogens with zero attached hydrogens (tertiary/aromatic N) is 1. The maximum Gasteiger partial charge on any atom is 0.337 e. The summed E-state index contributed by atoms with van der Waals surface area (Å²) in [6, 6.07) is 7.57. The van der Waals surface area contributed by atoms with Gasteiger partial charge in [-0.1, -0.05) is 18.9 Å². The molecule has 2 aliphatic rings. The number of carbonyl (C=O) groups excluding carboxylic acids is 4. The predicted octanol–water partition coefficient (Wildman–Crippen LogP) is 3.45. The van der Waals surface area contributed by atoms with E-state index in [2.05, 4.69) is 5.32 Å². The Morgan fingerprint density at radius 1 is 1.16 bits per heavy atom. The molecule has 1 N–H and O–H groups in total. The molecule has 1 aromatic heterocycles. The largest absolute Gasteiger partial charge is 0.465 e. The molecule has 2 heterocycles. The topological polar surface area (TPSA) is 106 Å². The van der Waals surface area contributed by atoms with E-state index in [0.29, 0.717) is 16.9 Å². The van der Waals surface area contributed by atoms with Crippen LogP contribution in [-0.4, -0.2) is 41.9 Å². The number of methoxy groups -OCH3 is 1. The van der Waals surface area contributed by atoms with Gasteiger partial charge in [0.15, 0.2) is 0 Å². The van der Waals surface area contributed by atoms with Crippen molar-refractivity contribution >= 4 is 29.9 Å². The highest BCUT2D eigenvalue weighted by Crippen LogP contribution is 2.30. The summed E-state index contributed by atoms with van der Waals surface area (Å²) in [6.45, 7) is 1.88. The Hall–Kier alpha value is -3.68. The van der Waals surface area contributed by atoms with Crippen LogP contribution in [-0.2, 0) is 14.3 Å². The lowest BCUT2D eigenvalue weighted by atomic mass is 10.0. The summed E-state index contributed by atoms with van der Waals surface area (Å²) in [5, 5.41) is 2.25. The van der Waals surface area contributed by atoms with Crippen LogP contribution in [0.4, 0.5) is 4.79 Å². The summed E-state index contributed by atoms with van der Waals surface area (Å²) >= 11 is 0. The molecule has 1 saturated carbocycles. The van der Waals surface area contributed by atoms with Gasteiger partial charge in [-0.15, -0.1) is 0 Å². The molecule has 160 valence electrons. The summed E-state index contributed by atoms with van der Waals surface area (Å²) in [5.74, 6) is -1.05. The minimum Gasteiger partial charge on any atom is -0.465 e. The van der Waals surface area contributed by atoms with E-state index in [1.807, 2.05) is 6.92 Å². The molecule has 0 spiro atoms. The van der Waals surface area contributed by atoms with E-state index < -0.39 is 23.8 Å². The third kappa shape index (κ3) is 3.88. The molecule has 4 rings (SSSR count). The second-order valence-electron chi connectivity index (χ2n) is 7.65. The highest BCUT2D eigenvalue weighted by Gasteiger charge is 2.40. The number of esters is 1. The van der Waals surface area contributed by atoms with Gasteiger partial charge < -0.3 is 9.15 Å². The van der Waals surface area contributed by atoms with Crippen LogP contribution in [0.15, 0.2) is 40.3 Å². The van der Waals surface area contributed by atoms with Gasteiger partial charge in [0, 0.05) is 11.6 Å². The molecular formula is C23H22N2O6. The van der Waals surface area contributed by atoms with Crippen molar-refractivity contribution in [3.8, 4) is 11.3 Å². The molecule has 1 saturated heterocycles. The smallest absolute Gasteiger partial charge is 0.337 e. The number of urea groups is 1. The number of aryl methyl sites for hydroxylation is 1. The van der Waals surface area contributed by atoms with E-state index in [1.165, 1.54) is 13.2 Å². The first-order chi connectivity index (χ1) is 14.9. The van der Waals surface area contributed by atoms with Crippen LogP contribution in [0.3, 0.4) is 0 Å². The SMILES string of the molecule is COC(=O)c1ccc(C)c(-c2ccc(/C=C3\C(=O)NC(=O)N(C4CCCC4)C3=O)o2)c1. The van der Waals surface area contributed by atoms with E-state index in [0.717, 1.165) is 36.1 Å². The van der Waals surface area contributed by atoms with Gasteiger partial charge in [-0.2, -0.15) is 0 Å². The van der Waals surface area contributed by atoms with Gasteiger partial charge in [-0.25, -0.2) is 9.59 Å². The zero-order valence-electron chi connectivity index (χ0n) is 17.3. The molecule has 1 aliphatic heterocycles. The lowest BCUT2D eigenvalue weighted by Gasteiger charge is -2.30. The monoisotopic (exact) mass is 422 g/mol. The Kier molecular flexibility index (Phi) is 5.46. The lowest BCUT2D eigenvalue weighted by Crippen LogP contribution is -2.57. The van der Waals surface area contributed by atoms with Crippen LogP contribution in [0.5, 0.6) is 0 Å². The summed E-state index contributed by atoms with van der Waals surface area (Å²) < 4.78 is 10.6. The van der Waals surface area contributed by atoms with Crippen molar-refractivity contribution in [2.75, 3.05) is 7.11 Å². The lowest BCUT2D eigenvalue weighted by molar-refractivity contribution is -0.131. The van der Waals surface area contributed by atoms with Crippen LogP contribution >= 0.6 is 0 Å². The van der Waals surface area contributed by atoms with E-state index >= 15 is 0 Å². The van der Waals surface area contributed by atoms with Gasteiger partial charge >= 0.3 is 12.0 Å².